The zero-order valence-corrected chi connectivity index (χ0v) is 9.03. The zero-order chi connectivity index (χ0) is 11.1. The molecule has 0 amide bonds. The molecule has 0 heterocycles. The van der Waals surface area contributed by atoms with Crippen LogP contribution in [0.4, 0.5) is 0 Å². The smallest absolute Gasteiger partial charge is 0.999 e. The van der Waals surface area contributed by atoms with Crippen LogP contribution in [0.1, 0.15) is 0 Å². The Labute approximate surface area is 105 Å². The molecule has 0 aliphatic carbocycles. The van der Waals surface area contributed by atoms with Crippen LogP contribution in [0.5, 0.6) is 0 Å². The summed E-state index contributed by atoms with van der Waals surface area (Å²) in [7, 11) is 0. The topological polar surface area (TPSA) is 39.8 Å². The molecule has 0 aliphatic heterocycles. The molecule has 0 fully saturated rings. The van der Waals surface area contributed by atoms with Crippen molar-refractivity contribution < 1.29 is 31.0 Å². The molecule has 2 aromatic rings. The zero-order valence-electron chi connectivity index (χ0n) is 7.47. The largest absolute Gasteiger partial charge is 2.00 e. The van der Waals surface area contributed by atoms with Gasteiger partial charge in [-0.15, -0.1) is 0 Å². The molecular formula is C12H2O2Ti-8. The maximum atomic E-state index is 7.50. The van der Waals surface area contributed by atoms with Crippen molar-refractivity contribution in [3.05, 3.63) is 74.0 Å². The predicted octanol–water partition coefficient (Wildman–Crippen LogP) is 1.14. The summed E-state index contributed by atoms with van der Waals surface area (Å²) in [5.74, 6) is 0. The van der Waals surface area contributed by atoms with Crippen LogP contribution in [-0.2, 0) is 31.0 Å². The van der Waals surface area contributed by atoms with E-state index >= 15 is 0 Å². The van der Waals surface area contributed by atoms with Gasteiger partial charge in [0.2, 0.25) is 0 Å². The Morgan fingerprint density at radius 3 is 0.867 bits per heavy atom. The van der Waals surface area contributed by atoms with Crippen LogP contribution < -0.4 is 0 Å². The van der Waals surface area contributed by atoms with Crippen molar-refractivity contribution in [2.75, 3.05) is 0 Å². The van der Waals surface area contributed by atoms with Gasteiger partial charge in [0.15, 0.2) is 0 Å². The van der Waals surface area contributed by atoms with Crippen LogP contribution in [0.25, 0.3) is 0 Å². The van der Waals surface area contributed by atoms with Crippen LogP contribution in [0.15, 0.2) is 12.1 Å². The summed E-state index contributed by atoms with van der Waals surface area (Å²) in [6.07, 6.45) is 0. The fourth-order valence-corrected chi connectivity index (χ4v) is 0.361. The van der Waals surface area contributed by atoms with Crippen LogP contribution in [0.3, 0.4) is 0 Å². The van der Waals surface area contributed by atoms with Crippen molar-refractivity contribution in [3.8, 4) is 0 Å². The molecule has 0 radical (unpaired) electrons. The third-order valence-electron chi connectivity index (χ3n) is 0.702. The Kier molecular flexibility index (Phi) is 29.9. The first-order chi connectivity index (χ1) is 7.00. The van der Waals surface area contributed by atoms with Crippen LogP contribution >= 0.6 is 0 Å². The monoisotopic (exact) mass is 226 g/mol. The molecule has 2 rings (SSSR count). The molecule has 2 aromatic carbocycles. The van der Waals surface area contributed by atoms with Gasteiger partial charge in [-0.25, -0.2) is 0 Å². The second-order valence-corrected chi connectivity index (χ2v) is 1.37. The van der Waals surface area contributed by atoms with E-state index in [2.05, 4.69) is 61.8 Å². The second-order valence-electron chi connectivity index (χ2n) is 1.37. The van der Waals surface area contributed by atoms with Crippen molar-refractivity contribution >= 4 is 0 Å². The Bertz CT molecular complexity index is 213. The third kappa shape index (κ3) is 19.3. The van der Waals surface area contributed by atoms with E-state index in [1.165, 1.54) is 0 Å². The Morgan fingerprint density at radius 2 is 0.800 bits per heavy atom. The van der Waals surface area contributed by atoms with Gasteiger partial charge in [-0.2, -0.15) is 0 Å². The van der Waals surface area contributed by atoms with Crippen LogP contribution in [-0.4, -0.2) is 0 Å². The van der Waals surface area contributed by atoms with E-state index < -0.39 is 0 Å². The summed E-state index contributed by atoms with van der Waals surface area (Å²) in [6, 6.07) is 24.0. The van der Waals surface area contributed by atoms with Crippen molar-refractivity contribution in [2.24, 2.45) is 0 Å². The van der Waals surface area contributed by atoms with Crippen LogP contribution in [0, 0.1) is 61.8 Å². The van der Waals surface area contributed by atoms with E-state index in [0.717, 1.165) is 0 Å². The first-order valence-electron chi connectivity index (χ1n) is 3.06. The molecule has 0 atom stereocenters. The normalized spacial score (nSPS) is 5.60. The van der Waals surface area contributed by atoms with E-state index in [0.29, 0.717) is 0 Å². The Morgan fingerprint density at radius 1 is 0.600 bits per heavy atom. The first-order valence-corrected chi connectivity index (χ1v) is 3.06. The maximum Gasteiger partial charge on any atom is 2.00 e. The molecule has 2 nitrogen and oxygen atoms in total. The molecule has 0 saturated heterocycles. The molecule has 3 heteroatoms. The summed E-state index contributed by atoms with van der Waals surface area (Å²) in [5, 5.41) is 0. The molecule has 0 spiro atoms. The number of hydrogen-bond acceptors (Lipinski definition) is 0. The summed E-state index contributed by atoms with van der Waals surface area (Å²) in [4.78, 5) is 0. The minimum absolute atomic E-state index is 0. The average Bonchev–Trinajstić information content (AvgIpc) is 3.01. The standard InChI is InChI=1S/2C5H.2CO.Ti/c2*1-2-4-5-3-1;2*1-2;/h2*1H;;;/q2*-5;;;+2. The molecule has 0 N–H and O–H groups in total. The summed E-state index contributed by atoms with van der Waals surface area (Å²) in [5.41, 5.74) is 0. The van der Waals surface area contributed by atoms with Gasteiger partial charge in [0.1, 0.15) is 0 Å². The maximum absolute atomic E-state index is 7.50. The van der Waals surface area contributed by atoms with E-state index in [1.54, 1.807) is 12.1 Å². The summed E-state index contributed by atoms with van der Waals surface area (Å²) in [6.45, 7) is 9.00. The molecule has 74 valence electrons. The van der Waals surface area contributed by atoms with Crippen molar-refractivity contribution in [3.63, 3.8) is 0 Å². The van der Waals surface area contributed by atoms with Gasteiger partial charge < -0.3 is 60.7 Å². The molecule has 0 saturated carbocycles. The molecule has 0 aromatic heterocycles. The average molecular weight is 226 g/mol. The molecular weight excluding hydrogens is 224 g/mol. The van der Waals surface area contributed by atoms with Gasteiger partial charge in [0, 0.05) is 0 Å². The van der Waals surface area contributed by atoms with Gasteiger partial charge >= 0.3 is 44.3 Å². The molecule has 0 bridgehead atoms. The predicted molar refractivity (Wildman–Crippen MR) is 42.6 cm³/mol. The number of hydrogen-bond donors (Lipinski definition) is 0. The summed E-state index contributed by atoms with van der Waals surface area (Å²) >= 11 is 0. The van der Waals surface area contributed by atoms with Gasteiger partial charge in [0.05, 0.1) is 0 Å². The van der Waals surface area contributed by atoms with Crippen molar-refractivity contribution in [2.45, 2.75) is 0 Å². The van der Waals surface area contributed by atoms with E-state index in [-0.39, 0.29) is 21.7 Å². The van der Waals surface area contributed by atoms with Crippen LogP contribution in [0.2, 0.25) is 0 Å². The quantitative estimate of drug-likeness (QED) is 0.367. The van der Waals surface area contributed by atoms with Crippen molar-refractivity contribution in [1.82, 2.24) is 0 Å². The fourth-order valence-electron chi connectivity index (χ4n) is 0.361. The minimum atomic E-state index is 0. The Hall–Kier alpha value is -1.11. The van der Waals surface area contributed by atoms with Gasteiger partial charge in [-0.05, 0) is 0 Å². The van der Waals surface area contributed by atoms with Crippen molar-refractivity contribution in [1.29, 1.82) is 0 Å². The minimum Gasteiger partial charge on any atom is -0.999 e. The molecule has 0 aliphatic rings. The Balaban J connectivity index is -0.000000138. The van der Waals surface area contributed by atoms with Gasteiger partial charge in [-0.1, -0.05) is 0 Å². The molecule has 15 heavy (non-hydrogen) atoms. The fraction of sp³-hybridized carbons (Fsp3) is 0. The third-order valence-corrected chi connectivity index (χ3v) is 0.702. The van der Waals surface area contributed by atoms with Gasteiger partial charge in [0.25, 0.3) is 0 Å². The van der Waals surface area contributed by atoms with E-state index in [4.69, 9.17) is 9.30 Å². The van der Waals surface area contributed by atoms with E-state index in [9.17, 15) is 0 Å². The first kappa shape index (κ1) is 19.5. The molecule has 0 unspecified atom stereocenters. The summed E-state index contributed by atoms with van der Waals surface area (Å²) < 4.78 is 15.0. The van der Waals surface area contributed by atoms with Gasteiger partial charge in [-0.3, -0.25) is 0 Å². The number of rotatable bonds is 0. The SMILES string of the molecule is [C-]#[O+].[C-]#[O+].[Ti+2].[c-]1[c-][c-][cH-][c-]1.[c-]1[c-][c-][cH-][c-]1. The van der Waals surface area contributed by atoms with E-state index in [1.807, 2.05) is 0 Å². The second kappa shape index (κ2) is 23.1.